The Kier molecular flexibility index (Phi) is 7.33. The van der Waals surface area contributed by atoms with Crippen molar-refractivity contribution in [3.63, 3.8) is 0 Å². The molecule has 0 saturated carbocycles. The van der Waals surface area contributed by atoms with E-state index in [0.717, 1.165) is 54.1 Å². The van der Waals surface area contributed by atoms with Crippen molar-refractivity contribution in [3.8, 4) is 5.75 Å². The molecule has 34 heavy (non-hydrogen) atoms. The van der Waals surface area contributed by atoms with Gasteiger partial charge < -0.3 is 24.6 Å². The number of morpholine rings is 1. The number of nitrogens with one attached hydrogen (secondary N) is 1. The van der Waals surface area contributed by atoms with E-state index >= 15 is 0 Å². The summed E-state index contributed by atoms with van der Waals surface area (Å²) >= 11 is 0. The van der Waals surface area contributed by atoms with E-state index in [2.05, 4.69) is 10.2 Å². The van der Waals surface area contributed by atoms with E-state index in [1.807, 2.05) is 67.6 Å². The zero-order valence-corrected chi connectivity index (χ0v) is 19.9. The van der Waals surface area contributed by atoms with Crippen molar-refractivity contribution in [2.24, 2.45) is 0 Å². The predicted octanol–water partition coefficient (Wildman–Crippen LogP) is 3.89. The van der Waals surface area contributed by atoms with Gasteiger partial charge in [0.15, 0.2) is 0 Å². The van der Waals surface area contributed by atoms with Crippen LogP contribution >= 0.6 is 0 Å². The maximum absolute atomic E-state index is 13.0. The van der Waals surface area contributed by atoms with Crippen molar-refractivity contribution in [3.05, 3.63) is 66.2 Å². The Morgan fingerprint density at radius 3 is 2.41 bits per heavy atom. The van der Waals surface area contributed by atoms with Crippen LogP contribution in [0.25, 0.3) is 10.8 Å². The van der Waals surface area contributed by atoms with Gasteiger partial charge in [0.1, 0.15) is 5.75 Å². The highest BCUT2D eigenvalue weighted by Crippen LogP contribution is 2.26. The molecule has 0 radical (unpaired) electrons. The van der Waals surface area contributed by atoms with Gasteiger partial charge in [0.05, 0.1) is 32.8 Å². The number of hydrogen-bond donors (Lipinski definition) is 1. The van der Waals surface area contributed by atoms with Gasteiger partial charge in [-0.1, -0.05) is 24.3 Å². The average molecular weight is 462 g/mol. The molecule has 1 aliphatic rings. The van der Waals surface area contributed by atoms with Crippen molar-refractivity contribution >= 4 is 34.0 Å². The lowest BCUT2D eigenvalue weighted by molar-refractivity contribution is -0.134. The van der Waals surface area contributed by atoms with E-state index in [-0.39, 0.29) is 24.3 Å². The Bertz CT molecular complexity index is 1160. The second kappa shape index (κ2) is 10.6. The summed E-state index contributed by atoms with van der Waals surface area (Å²) in [4.78, 5) is 29.3. The highest BCUT2D eigenvalue weighted by Gasteiger charge is 2.21. The van der Waals surface area contributed by atoms with Crippen molar-refractivity contribution in [1.29, 1.82) is 0 Å². The number of rotatable bonds is 7. The number of carbonyl (C=O) groups excluding carboxylic acids is 2. The van der Waals surface area contributed by atoms with Crippen molar-refractivity contribution in [2.75, 3.05) is 57.2 Å². The minimum atomic E-state index is -0.364. The first-order chi connectivity index (χ1) is 16.4. The molecule has 1 heterocycles. The molecule has 0 spiro atoms. The Hall–Kier alpha value is -3.58. The van der Waals surface area contributed by atoms with Gasteiger partial charge in [-0.05, 0) is 59.7 Å². The van der Waals surface area contributed by atoms with Crippen LogP contribution in [0.1, 0.15) is 18.4 Å². The van der Waals surface area contributed by atoms with Gasteiger partial charge in [0.2, 0.25) is 11.8 Å². The Morgan fingerprint density at radius 1 is 1.03 bits per heavy atom. The lowest BCUT2D eigenvalue weighted by Crippen LogP contribution is -2.37. The van der Waals surface area contributed by atoms with Gasteiger partial charge in [0.25, 0.3) is 0 Å². The quantitative estimate of drug-likeness (QED) is 0.578. The molecule has 0 bridgehead atoms. The van der Waals surface area contributed by atoms with E-state index in [4.69, 9.17) is 9.47 Å². The molecule has 7 nitrogen and oxygen atoms in total. The number of methoxy groups -OCH3 is 1. The van der Waals surface area contributed by atoms with Crippen LogP contribution in [-0.4, -0.2) is 63.7 Å². The zero-order valence-electron chi connectivity index (χ0n) is 19.9. The van der Waals surface area contributed by atoms with Gasteiger partial charge in [-0.15, -0.1) is 0 Å². The Morgan fingerprint density at radius 2 is 1.71 bits per heavy atom. The van der Waals surface area contributed by atoms with Crippen molar-refractivity contribution in [1.82, 2.24) is 4.90 Å². The first kappa shape index (κ1) is 23.6. The molecule has 1 fully saturated rings. The van der Waals surface area contributed by atoms with E-state index in [1.165, 1.54) is 4.90 Å². The lowest BCUT2D eigenvalue weighted by Gasteiger charge is -2.29. The van der Waals surface area contributed by atoms with Crippen LogP contribution in [0.4, 0.5) is 11.4 Å². The number of hydrogen-bond acceptors (Lipinski definition) is 5. The predicted molar refractivity (Wildman–Crippen MR) is 135 cm³/mol. The molecule has 1 atom stereocenters. The maximum Gasteiger partial charge on any atom is 0.243 e. The summed E-state index contributed by atoms with van der Waals surface area (Å²) in [5.74, 6) is 0.0985. The monoisotopic (exact) mass is 461 g/mol. The molecule has 4 rings (SSSR count). The normalized spacial score (nSPS) is 14.5. The smallest absolute Gasteiger partial charge is 0.243 e. The Balaban J connectivity index is 1.34. The summed E-state index contributed by atoms with van der Waals surface area (Å²) in [6.45, 7) is 5.03. The molecule has 178 valence electrons. The molecule has 1 saturated heterocycles. The number of nitrogens with zero attached hydrogens (tertiary/aromatic N) is 2. The molecular weight excluding hydrogens is 430 g/mol. The van der Waals surface area contributed by atoms with Gasteiger partial charge >= 0.3 is 0 Å². The fourth-order valence-electron chi connectivity index (χ4n) is 4.18. The maximum atomic E-state index is 13.0. The molecule has 3 aromatic carbocycles. The van der Waals surface area contributed by atoms with E-state index < -0.39 is 0 Å². The van der Waals surface area contributed by atoms with Gasteiger partial charge in [0, 0.05) is 31.5 Å². The number of carbonyl (C=O) groups is 2. The van der Waals surface area contributed by atoms with Crippen LogP contribution in [0.2, 0.25) is 0 Å². The largest absolute Gasteiger partial charge is 0.497 e. The molecule has 7 heteroatoms. The SMILES string of the molecule is COc1ccc2cc(C(C)C(=O)N(C)CC(=O)Nc3ccc(N4CCOCC4)cc3)ccc2c1. The molecule has 1 unspecified atom stereocenters. The average Bonchev–Trinajstić information content (AvgIpc) is 2.88. The zero-order chi connectivity index (χ0) is 24.1. The highest BCUT2D eigenvalue weighted by molar-refractivity contribution is 5.96. The van der Waals surface area contributed by atoms with Crippen LogP contribution < -0.4 is 15.0 Å². The molecule has 2 amide bonds. The second-order valence-electron chi connectivity index (χ2n) is 8.58. The first-order valence-corrected chi connectivity index (χ1v) is 11.5. The summed E-state index contributed by atoms with van der Waals surface area (Å²) in [5.41, 5.74) is 2.73. The van der Waals surface area contributed by atoms with Crippen molar-refractivity contribution < 1.29 is 19.1 Å². The molecule has 3 aromatic rings. The summed E-state index contributed by atoms with van der Waals surface area (Å²) in [7, 11) is 3.30. The lowest BCUT2D eigenvalue weighted by atomic mass is 9.96. The van der Waals surface area contributed by atoms with Crippen molar-refractivity contribution in [2.45, 2.75) is 12.8 Å². The minimum Gasteiger partial charge on any atom is -0.497 e. The van der Waals surface area contributed by atoms with Crippen LogP contribution in [0.15, 0.2) is 60.7 Å². The number of likely N-dealkylation sites (N-methyl/N-ethyl adjacent to an activating group) is 1. The standard InChI is InChI=1S/C27H31N3O4/c1-19(20-4-5-22-17-25(33-3)11-6-21(22)16-20)27(32)29(2)18-26(31)28-23-7-9-24(10-8-23)30-12-14-34-15-13-30/h4-11,16-17,19H,12-15,18H2,1-3H3,(H,28,31). The minimum absolute atomic E-state index is 0.0147. The summed E-state index contributed by atoms with van der Waals surface area (Å²) in [6, 6.07) is 19.6. The third-order valence-electron chi connectivity index (χ3n) is 6.23. The van der Waals surface area contributed by atoms with Crippen LogP contribution in [0.5, 0.6) is 5.75 Å². The molecule has 0 aromatic heterocycles. The fraction of sp³-hybridized carbons (Fsp3) is 0.333. The van der Waals surface area contributed by atoms with E-state index in [9.17, 15) is 9.59 Å². The first-order valence-electron chi connectivity index (χ1n) is 11.5. The molecule has 1 N–H and O–H groups in total. The third kappa shape index (κ3) is 5.48. The van der Waals surface area contributed by atoms with Gasteiger partial charge in [-0.25, -0.2) is 0 Å². The number of fused-ring (bicyclic) bond motifs is 1. The van der Waals surface area contributed by atoms with E-state index in [1.54, 1.807) is 14.2 Å². The topological polar surface area (TPSA) is 71.1 Å². The van der Waals surface area contributed by atoms with Crippen LogP contribution in [0, 0.1) is 0 Å². The summed E-state index contributed by atoms with van der Waals surface area (Å²) in [5, 5.41) is 4.98. The number of amides is 2. The molecular formula is C27H31N3O4. The van der Waals surface area contributed by atoms with Gasteiger partial charge in [-0.2, -0.15) is 0 Å². The summed E-state index contributed by atoms with van der Waals surface area (Å²) in [6.07, 6.45) is 0. The number of benzene rings is 3. The van der Waals surface area contributed by atoms with Crippen LogP contribution in [0.3, 0.4) is 0 Å². The number of ether oxygens (including phenoxy) is 2. The second-order valence-corrected chi connectivity index (χ2v) is 8.58. The third-order valence-corrected chi connectivity index (χ3v) is 6.23. The van der Waals surface area contributed by atoms with Crippen LogP contribution in [-0.2, 0) is 14.3 Å². The van der Waals surface area contributed by atoms with E-state index in [0.29, 0.717) is 5.69 Å². The molecule has 0 aliphatic carbocycles. The number of anilines is 2. The van der Waals surface area contributed by atoms with Gasteiger partial charge in [-0.3, -0.25) is 9.59 Å². The highest BCUT2D eigenvalue weighted by atomic mass is 16.5. The molecule has 1 aliphatic heterocycles. The fourth-order valence-corrected chi connectivity index (χ4v) is 4.18. The Labute approximate surface area is 200 Å². The summed E-state index contributed by atoms with van der Waals surface area (Å²) < 4.78 is 10.7.